The maximum atomic E-state index is 12.0. The van der Waals surface area contributed by atoms with Gasteiger partial charge in [0, 0.05) is 19.7 Å². The summed E-state index contributed by atoms with van der Waals surface area (Å²) in [6, 6.07) is 5.73. The van der Waals surface area contributed by atoms with Crippen molar-refractivity contribution in [2.45, 2.75) is 18.4 Å². The minimum atomic E-state index is -3.50. The Morgan fingerprint density at radius 1 is 1.27 bits per heavy atom. The molecule has 118 valence electrons. The van der Waals surface area contributed by atoms with Crippen molar-refractivity contribution in [1.29, 1.82) is 0 Å². The molecule has 0 aliphatic carbocycles. The highest BCUT2D eigenvalue weighted by Crippen LogP contribution is 2.14. The molecule has 1 amide bonds. The summed E-state index contributed by atoms with van der Waals surface area (Å²) in [5.74, 6) is 0.754. The largest absolute Gasteiger partial charge is 0.444 e. The summed E-state index contributed by atoms with van der Waals surface area (Å²) < 4.78 is 30.2. The van der Waals surface area contributed by atoms with Crippen LogP contribution in [-0.4, -0.2) is 37.7 Å². The number of oxazole rings is 1. The Hall–Kier alpha value is -2.19. The van der Waals surface area contributed by atoms with E-state index in [9.17, 15) is 13.2 Å². The van der Waals surface area contributed by atoms with E-state index in [1.807, 2.05) is 0 Å². The highest BCUT2D eigenvalue weighted by molar-refractivity contribution is 7.89. The van der Waals surface area contributed by atoms with Crippen molar-refractivity contribution in [2.75, 3.05) is 14.1 Å². The number of hydrogen-bond acceptors (Lipinski definition) is 5. The lowest BCUT2D eigenvalue weighted by Crippen LogP contribution is -2.24. The summed E-state index contributed by atoms with van der Waals surface area (Å²) in [5.41, 5.74) is 0.362. The minimum Gasteiger partial charge on any atom is -0.444 e. The molecular formula is C14H17N3O4S. The molecule has 0 atom stereocenters. The Morgan fingerprint density at radius 2 is 1.91 bits per heavy atom. The molecule has 1 N–H and O–H groups in total. The van der Waals surface area contributed by atoms with Crippen LogP contribution in [0, 0.1) is 6.92 Å². The molecule has 0 saturated carbocycles. The van der Waals surface area contributed by atoms with Gasteiger partial charge in [-0.3, -0.25) is 4.79 Å². The summed E-state index contributed by atoms with van der Waals surface area (Å²) in [6.07, 6.45) is 1.57. The third kappa shape index (κ3) is 3.52. The molecule has 1 heterocycles. The molecule has 0 bridgehead atoms. The minimum absolute atomic E-state index is 0.136. The molecule has 0 radical (unpaired) electrons. The van der Waals surface area contributed by atoms with Crippen molar-refractivity contribution < 1.29 is 17.6 Å². The van der Waals surface area contributed by atoms with Crippen LogP contribution >= 0.6 is 0 Å². The van der Waals surface area contributed by atoms with E-state index in [0.717, 1.165) is 4.31 Å². The van der Waals surface area contributed by atoms with Crippen LogP contribution < -0.4 is 5.32 Å². The second kappa shape index (κ2) is 6.29. The molecule has 2 rings (SSSR count). The van der Waals surface area contributed by atoms with Gasteiger partial charge in [0.05, 0.1) is 17.6 Å². The standard InChI is InChI=1S/C14H17N3O4S/c1-10-8-15-13(21-10)9-16-14(18)11-4-6-12(7-5-11)22(19,20)17(2)3/h4-8H,9H2,1-3H3,(H,16,18). The van der Waals surface area contributed by atoms with E-state index in [2.05, 4.69) is 10.3 Å². The zero-order valence-corrected chi connectivity index (χ0v) is 13.3. The van der Waals surface area contributed by atoms with Gasteiger partial charge in [0.25, 0.3) is 5.91 Å². The Morgan fingerprint density at radius 3 is 2.41 bits per heavy atom. The molecule has 22 heavy (non-hydrogen) atoms. The van der Waals surface area contributed by atoms with E-state index in [1.165, 1.54) is 38.4 Å². The molecule has 0 unspecified atom stereocenters. The van der Waals surface area contributed by atoms with E-state index in [4.69, 9.17) is 4.42 Å². The van der Waals surface area contributed by atoms with E-state index >= 15 is 0 Å². The lowest BCUT2D eigenvalue weighted by Gasteiger charge is -2.11. The van der Waals surface area contributed by atoms with Crippen LogP contribution in [0.4, 0.5) is 0 Å². The number of sulfonamides is 1. The first-order valence-corrected chi connectivity index (χ1v) is 7.97. The molecule has 0 spiro atoms. The monoisotopic (exact) mass is 323 g/mol. The first-order chi connectivity index (χ1) is 10.3. The maximum Gasteiger partial charge on any atom is 0.251 e. The van der Waals surface area contributed by atoms with Crippen molar-refractivity contribution in [1.82, 2.24) is 14.6 Å². The number of benzene rings is 1. The van der Waals surface area contributed by atoms with Crippen LogP contribution in [0.1, 0.15) is 22.0 Å². The molecule has 0 aliphatic rings. The van der Waals surface area contributed by atoms with Gasteiger partial charge in [0.15, 0.2) is 0 Å². The summed E-state index contributed by atoms with van der Waals surface area (Å²) in [4.78, 5) is 16.1. The summed E-state index contributed by atoms with van der Waals surface area (Å²) in [5, 5.41) is 2.65. The Labute approximate surface area is 129 Å². The van der Waals surface area contributed by atoms with E-state index in [1.54, 1.807) is 13.1 Å². The van der Waals surface area contributed by atoms with Crippen LogP contribution in [0.25, 0.3) is 0 Å². The summed E-state index contributed by atoms with van der Waals surface area (Å²) in [7, 11) is -0.590. The smallest absolute Gasteiger partial charge is 0.251 e. The molecule has 1 aromatic carbocycles. The fourth-order valence-electron chi connectivity index (χ4n) is 1.73. The highest BCUT2D eigenvalue weighted by atomic mass is 32.2. The van der Waals surface area contributed by atoms with Gasteiger partial charge in [0.1, 0.15) is 5.76 Å². The number of carbonyl (C=O) groups excluding carboxylic acids is 1. The van der Waals surface area contributed by atoms with Crippen LogP contribution in [0.15, 0.2) is 39.8 Å². The van der Waals surface area contributed by atoms with Crippen LogP contribution in [0.2, 0.25) is 0 Å². The number of nitrogens with zero attached hydrogens (tertiary/aromatic N) is 2. The normalized spacial score (nSPS) is 11.6. The molecule has 0 aliphatic heterocycles. The molecule has 7 nitrogen and oxygen atoms in total. The lowest BCUT2D eigenvalue weighted by molar-refractivity contribution is 0.0947. The fourth-order valence-corrected chi connectivity index (χ4v) is 2.63. The quantitative estimate of drug-likeness (QED) is 0.891. The second-order valence-corrected chi connectivity index (χ2v) is 7.01. The molecular weight excluding hydrogens is 306 g/mol. The van der Waals surface area contributed by atoms with Crippen molar-refractivity contribution in [3.8, 4) is 0 Å². The first-order valence-electron chi connectivity index (χ1n) is 6.53. The molecule has 8 heteroatoms. The zero-order valence-electron chi connectivity index (χ0n) is 12.5. The number of aromatic nitrogens is 1. The number of hydrogen-bond donors (Lipinski definition) is 1. The number of carbonyl (C=O) groups is 1. The fraction of sp³-hybridized carbons (Fsp3) is 0.286. The van der Waals surface area contributed by atoms with Gasteiger partial charge in [-0.2, -0.15) is 0 Å². The topological polar surface area (TPSA) is 92.5 Å². The third-order valence-corrected chi connectivity index (χ3v) is 4.79. The van der Waals surface area contributed by atoms with Gasteiger partial charge < -0.3 is 9.73 Å². The number of aryl methyl sites for hydroxylation is 1. The number of rotatable bonds is 5. The van der Waals surface area contributed by atoms with E-state index in [0.29, 0.717) is 17.2 Å². The van der Waals surface area contributed by atoms with Crippen molar-refractivity contribution in [3.05, 3.63) is 47.7 Å². The SMILES string of the molecule is Cc1cnc(CNC(=O)c2ccc(S(=O)(=O)N(C)C)cc2)o1. The predicted octanol–water partition coefficient (Wildman–Crippen LogP) is 1.16. The van der Waals surface area contributed by atoms with Crippen molar-refractivity contribution in [2.24, 2.45) is 0 Å². The first kappa shape index (κ1) is 16.2. The van der Waals surface area contributed by atoms with E-state index < -0.39 is 10.0 Å². The molecule has 0 saturated heterocycles. The average Bonchev–Trinajstić information content (AvgIpc) is 2.90. The van der Waals surface area contributed by atoms with Gasteiger partial charge in [0.2, 0.25) is 15.9 Å². The Bertz CT molecular complexity index is 764. The second-order valence-electron chi connectivity index (χ2n) is 4.86. The summed E-state index contributed by atoms with van der Waals surface area (Å²) in [6.45, 7) is 1.94. The van der Waals surface area contributed by atoms with Crippen molar-refractivity contribution in [3.63, 3.8) is 0 Å². The molecule has 2 aromatic rings. The van der Waals surface area contributed by atoms with Crippen LogP contribution in [0.5, 0.6) is 0 Å². The number of nitrogens with one attached hydrogen (secondary N) is 1. The zero-order chi connectivity index (χ0) is 16.3. The van der Waals surface area contributed by atoms with Gasteiger partial charge in [-0.05, 0) is 31.2 Å². The Balaban J connectivity index is 2.05. The number of amides is 1. The van der Waals surface area contributed by atoms with Crippen LogP contribution in [-0.2, 0) is 16.6 Å². The van der Waals surface area contributed by atoms with Gasteiger partial charge >= 0.3 is 0 Å². The predicted molar refractivity (Wildman–Crippen MR) is 79.7 cm³/mol. The molecule has 0 fully saturated rings. The van der Waals surface area contributed by atoms with E-state index in [-0.39, 0.29) is 17.3 Å². The van der Waals surface area contributed by atoms with Gasteiger partial charge in [-0.1, -0.05) is 0 Å². The Kier molecular flexibility index (Phi) is 4.62. The highest BCUT2D eigenvalue weighted by Gasteiger charge is 2.17. The van der Waals surface area contributed by atoms with Crippen molar-refractivity contribution >= 4 is 15.9 Å². The third-order valence-electron chi connectivity index (χ3n) is 2.96. The lowest BCUT2D eigenvalue weighted by atomic mass is 10.2. The maximum absolute atomic E-state index is 12.0. The molecule has 1 aromatic heterocycles. The average molecular weight is 323 g/mol. The van der Waals surface area contributed by atoms with Gasteiger partial charge in [-0.25, -0.2) is 17.7 Å². The summed E-state index contributed by atoms with van der Waals surface area (Å²) >= 11 is 0. The van der Waals surface area contributed by atoms with Gasteiger partial charge in [-0.15, -0.1) is 0 Å². The van der Waals surface area contributed by atoms with Crippen LogP contribution in [0.3, 0.4) is 0 Å².